The van der Waals surface area contributed by atoms with Gasteiger partial charge in [-0.25, -0.2) is 9.97 Å². The van der Waals surface area contributed by atoms with Crippen LogP contribution < -0.4 is 10.1 Å². The Morgan fingerprint density at radius 2 is 1.69 bits per heavy atom. The number of carbonyl (C=O) groups excluding carboxylic acids is 1. The van der Waals surface area contributed by atoms with Crippen LogP contribution in [0, 0.1) is 13.8 Å². The Labute approximate surface area is 226 Å². The van der Waals surface area contributed by atoms with Crippen molar-refractivity contribution < 1.29 is 23.4 Å². The lowest BCUT2D eigenvalue weighted by Gasteiger charge is -2.19. The molecule has 0 unspecified atom stereocenters. The second kappa shape index (κ2) is 12.1. The molecule has 0 bridgehead atoms. The third-order valence-corrected chi connectivity index (χ3v) is 6.44. The van der Waals surface area contributed by atoms with Gasteiger partial charge in [-0.2, -0.15) is 8.78 Å². The summed E-state index contributed by atoms with van der Waals surface area (Å²) in [6.45, 7) is 5.66. The summed E-state index contributed by atoms with van der Waals surface area (Å²) in [4.78, 5) is 21.3. The standard InChI is InChI=1S/C31H31F2N3O3/c1-20-4-7-24(21(2)18-20)14-17-39-30-29(34-15-16-35-30)25-8-12-27(13-9-25)36-28(38)19-23-5-10-26(11-6-23)31(32,33)22(3)37/h4-13,15-16,18,22,37H,14,17,19H2,1-3H3,(H,36,38)/t22-/m1/s1. The predicted octanol–water partition coefficient (Wildman–Crippen LogP) is 6.04. The van der Waals surface area contributed by atoms with Gasteiger partial charge in [-0.05, 0) is 49.6 Å². The topological polar surface area (TPSA) is 84.3 Å². The molecule has 0 aliphatic rings. The summed E-state index contributed by atoms with van der Waals surface area (Å²) >= 11 is 0. The van der Waals surface area contributed by atoms with Gasteiger partial charge in [0, 0.05) is 35.6 Å². The molecular formula is C31H31F2N3O3. The van der Waals surface area contributed by atoms with Crippen LogP contribution in [0.1, 0.15) is 34.7 Å². The molecule has 4 aromatic rings. The van der Waals surface area contributed by atoms with Crippen molar-refractivity contribution in [1.82, 2.24) is 9.97 Å². The van der Waals surface area contributed by atoms with E-state index in [-0.39, 0.29) is 17.9 Å². The monoisotopic (exact) mass is 531 g/mol. The van der Waals surface area contributed by atoms with Gasteiger partial charge in [0.2, 0.25) is 11.8 Å². The molecule has 0 aliphatic carbocycles. The molecular weight excluding hydrogens is 500 g/mol. The summed E-state index contributed by atoms with van der Waals surface area (Å²) in [6.07, 6.45) is 2.15. The summed E-state index contributed by atoms with van der Waals surface area (Å²) in [5.41, 5.74) is 5.93. The molecule has 1 amide bonds. The summed E-state index contributed by atoms with van der Waals surface area (Å²) in [7, 11) is 0. The number of aliphatic hydroxyl groups is 1. The lowest BCUT2D eigenvalue weighted by molar-refractivity contribution is -0.115. The first-order chi connectivity index (χ1) is 18.6. The highest BCUT2D eigenvalue weighted by molar-refractivity contribution is 5.92. The first kappa shape index (κ1) is 27.9. The van der Waals surface area contributed by atoms with Crippen molar-refractivity contribution in [3.63, 3.8) is 0 Å². The maximum absolute atomic E-state index is 14.0. The Bertz CT molecular complexity index is 1420. The number of carbonyl (C=O) groups is 1. The highest BCUT2D eigenvalue weighted by Crippen LogP contribution is 2.32. The van der Waals surface area contributed by atoms with Crippen LogP contribution in [0.2, 0.25) is 0 Å². The van der Waals surface area contributed by atoms with Crippen LogP contribution in [0.15, 0.2) is 79.1 Å². The van der Waals surface area contributed by atoms with Gasteiger partial charge in [-0.15, -0.1) is 0 Å². The number of hydrogen-bond acceptors (Lipinski definition) is 5. The Morgan fingerprint density at radius 1 is 1.00 bits per heavy atom. The fourth-order valence-electron chi connectivity index (χ4n) is 4.20. The number of rotatable bonds is 10. The molecule has 0 saturated carbocycles. The first-order valence-corrected chi connectivity index (χ1v) is 12.7. The zero-order chi connectivity index (χ0) is 28.0. The Morgan fingerprint density at radius 3 is 2.36 bits per heavy atom. The molecule has 0 spiro atoms. The molecule has 1 aromatic heterocycles. The minimum Gasteiger partial charge on any atom is -0.476 e. The van der Waals surface area contributed by atoms with Crippen LogP contribution in [0.4, 0.5) is 14.5 Å². The zero-order valence-electron chi connectivity index (χ0n) is 22.1. The molecule has 0 aliphatic heterocycles. The number of nitrogens with zero attached hydrogens (tertiary/aromatic N) is 2. The van der Waals surface area contributed by atoms with E-state index in [4.69, 9.17) is 4.74 Å². The minimum atomic E-state index is -3.35. The molecule has 6 nitrogen and oxygen atoms in total. The van der Waals surface area contributed by atoms with E-state index >= 15 is 0 Å². The van der Waals surface area contributed by atoms with Crippen LogP contribution in [-0.2, 0) is 23.6 Å². The number of halogens is 2. The van der Waals surface area contributed by atoms with E-state index in [1.54, 1.807) is 24.5 Å². The number of ether oxygens (including phenoxy) is 1. The zero-order valence-corrected chi connectivity index (χ0v) is 22.1. The number of hydrogen-bond donors (Lipinski definition) is 2. The van der Waals surface area contributed by atoms with E-state index in [0.29, 0.717) is 29.4 Å². The Balaban J connectivity index is 1.36. The van der Waals surface area contributed by atoms with Crippen molar-refractivity contribution in [2.24, 2.45) is 0 Å². The minimum absolute atomic E-state index is 0.0187. The van der Waals surface area contributed by atoms with Crippen molar-refractivity contribution in [2.45, 2.75) is 45.6 Å². The average Bonchev–Trinajstić information content (AvgIpc) is 2.91. The van der Waals surface area contributed by atoms with Gasteiger partial charge < -0.3 is 15.2 Å². The van der Waals surface area contributed by atoms with E-state index in [0.717, 1.165) is 18.9 Å². The van der Waals surface area contributed by atoms with Crippen molar-refractivity contribution in [3.05, 3.63) is 107 Å². The molecule has 0 fully saturated rings. The lowest BCUT2D eigenvalue weighted by Crippen LogP contribution is -2.27. The molecule has 39 heavy (non-hydrogen) atoms. The van der Waals surface area contributed by atoms with E-state index < -0.39 is 12.0 Å². The van der Waals surface area contributed by atoms with Gasteiger partial charge in [0.25, 0.3) is 5.92 Å². The van der Waals surface area contributed by atoms with E-state index in [9.17, 15) is 18.7 Å². The van der Waals surface area contributed by atoms with Gasteiger partial charge >= 0.3 is 0 Å². The van der Waals surface area contributed by atoms with Crippen LogP contribution in [0.5, 0.6) is 5.88 Å². The van der Waals surface area contributed by atoms with E-state index in [2.05, 4.69) is 47.3 Å². The summed E-state index contributed by atoms with van der Waals surface area (Å²) in [6, 6.07) is 18.9. The van der Waals surface area contributed by atoms with Crippen LogP contribution >= 0.6 is 0 Å². The molecule has 0 radical (unpaired) electrons. The van der Waals surface area contributed by atoms with Crippen molar-refractivity contribution in [2.75, 3.05) is 11.9 Å². The van der Waals surface area contributed by atoms with Gasteiger partial charge in [0.1, 0.15) is 11.8 Å². The van der Waals surface area contributed by atoms with Crippen LogP contribution in [-0.4, -0.2) is 33.7 Å². The second-order valence-electron chi connectivity index (χ2n) is 9.54. The average molecular weight is 532 g/mol. The number of aliphatic hydroxyl groups excluding tert-OH is 1. The van der Waals surface area contributed by atoms with Crippen molar-refractivity contribution in [3.8, 4) is 17.1 Å². The fourth-order valence-corrected chi connectivity index (χ4v) is 4.20. The van der Waals surface area contributed by atoms with Gasteiger partial charge in [0.15, 0.2) is 0 Å². The van der Waals surface area contributed by atoms with E-state index in [1.807, 2.05) is 12.1 Å². The fraction of sp³-hybridized carbons (Fsp3) is 0.258. The molecule has 8 heteroatoms. The number of amides is 1. The molecule has 4 rings (SSSR count). The first-order valence-electron chi connectivity index (χ1n) is 12.7. The van der Waals surface area contributed by atoms with Gasteiger partial charge in [-0.3, -0.25) is 4.79 Å². The molecule has 1 atom stereocenters. The molecule has 3 aromatic carbocycles. The van der Waals surface area contributed by atoms with Gasteiger partial charge in [0.05, 0.1) is 13.0 Å². The number of aromatic nitrogens is 2. The smallest absolute Gasteiger partial charge is 0.298 e. The second-order valence-corrected chi connectivity index (χ2v) is 9.54. The third kappa shape index (κ3) is 7.03. The Kier molecular flexibility index (Phi) is 8.66. The largest absolute Gasteiger partial charge is 0.476 e. The number of aryl methyl sites for hydroxylation is 2. The highest BCUT2D eigenvalue weighted by Gasteiger charge is 2.37. The highest BCUT2D eigenvalue weighted by atomic mass is 19.3. The van der Waals surface area contributed by atoms with E-state index in [1.165, 1.54) is 41.0 Å². The molecule has 2 N–H and O–H groups in total. The van der Waals surface area contributed by atoms with Crippen LogP contribution in [0.3, 0.4) is 0 Å². The van der Waals surface area contributed by atoms with Crippen molar-refractivity contribution in [1.29, 1.82) is 0 Å². The number of alkyl halides is 2. The summed E-state index contributed by atoms with van der Waals surface area (Å²) < 4.78 is 33.9. The lowest BCUT2D eigenvalue weighted by atomic mass is 10.0. The van der Waals surface area contributed by atoms with Gasteiger partial charge in [-0.1, -0.05) is 60.2 Å². The normalized spacial score (nSPS) is 12.2. The summed E-state index contributed by atoms with van der Waals surface area (Å²) in [5.74, 6) is -3.20. The quantitative estimate of drug-likeness (QED) is 0.261. The molecule has 0 saturated heterocycles. The third-order valence-electron chi connectivity index (χ3n) is 6.44. The maximum atomic E-state index is 14.0. The molecule has 202 valence electrons. The maximum Gasteiger partial charge on any atom is 0.298 e. The number of anilines is 1. The van der Waals surface area contributed by atoms with Crippen molar-refractivity contribution >= 4 is 11.6 Å². The SMILES string of the molecule is Cc1ccc(CCOc2nccnc2-c2ccc(NC(=O)Cc3ccc(C(F)(F)[C@@H](C)O)cc3)cc2)c(C)c1. The number of benzene rings is 3. The van der Waals surface area contributed by atoms with Crippen LogP contribution in [0.25, 0.3) is 11.3 Å². The Hall–Kier alpha value is -4.17. The molecule has 1 heterocycles. The summed E-state index contributed by atoms with van der Waals surface area (Å²) in [5, 5.41) is 12.1. The number of nitrogens with one attached hydrogen (secondary N) is 1. The predicted molar refractivity (Wildman–Crippen MR) is 147 cm³/mol.